The fraction of sp³-hybridized carbons (Fsp3) is 0.211. The van der Waals surface area contributed by atoms with E-state index in [9.17, 15) is 0 Å². The zero-order chi connectivity index (χ0) is 20.8. The van der Waals surface area contributed by atoms with Gasteiger partial charge in [-0.15, -0.1) is 6.58 Å². The molecule has 0 atom stereocenters. The molecular weight excluding hydrogens is 481 g/mol. The Morgan fingerprint density at radius 3 is 2.76 bits per heavy atom. The van der Waals surface area contributed by atoms with Gasteiger partial charge in [0.2, 0.25) is 5.95 Å². The minimum Gasteiger partial charge on any atom is -0.493 e. The van der Waals surface area contributed by atoms with Crippen molar-refractivity contribution in [2.75, 3.05) is 12.4 Å². The van der Waals surface area contributed by atoms with Crippen molar-refractivity contribution in [1.82, 2.24) is 20.2 Å². The van der Waals surface area contributed by atoms with Gasteiger partial charge in [-0.05, 0) is 61.7 Å². The van der Waals surface area contributed by atoms with Crippen molar-refractivity contribution in [3.05, 3.63) is 68.6 Å². The molecular formula is C19H18BrCl2N5O2. The first-order valence-electron chi connectivity index (χ1n) is 8.56. The molecule has 0 fully saturated rings. The van der Waals surface area contributed by atoms with Gasteiger partial charge < -0.3 is 14.8 Å². The quantitative estimate of drug-likeness (QED) is 0.412. The lowest BCUT2D eigenvalue weighted by atomic mass is 10.2. The summed E-state index contributed by atoms with van der Waals surface area (Å²) in [6, 6.07) is 9.21. The van der Waals surface area contributed by atoms with E-state index in [0.717, 1.165) is 15.6 Å². The van der Waals surface area contributed by atoms with Crippen LogP contribution in [0.25, 0.3) is 0 Å². The summed E-state index contributed by atoms with van der Waals surface area (Å²) >= 11 is 15.6. The third-order valence-electron chi connectivity index (χ3n) is 3.94. The number of methoxy groups -OCH3 is 1. The molecule has 0 aliphatic rings. The molecule has 0 radical (unpaired) electrons. The molecule has 3 aromatic rings. The zero-order valence-electron chi connectivity index (χ0n) is 15.5. The molecule has 3 rings (SSSR count). The first-order valence-corrected chi connectivity index (χ1v) is 10.1. The van der Waals surface area contributed by atoms with E-state index in [1.54, 1.807) is 30.0 Å². The maximum absolute atomic E-state index is 6.06. The molecule has 7 nitrogen and oxygen atoms in total. The molecule has 10 heteroatoms. The normalized spacial score (nSPS) is 10.6. The van der Waals surface area contributed by atoms with Gasteiger partial charge in [-0.2, -0.15) is 0 Å². The Bertz CT molecular complexity index is 1010. The van der Waals surface area contributed by atoms with Crippen LogP contribution in [0.4, 0.5) is 5.95 Å². The number of anilines is 1. The lowest BCUT2D eigenvalue weighted by Gasteiger charge is -2.15. The summed E-state index contributed by atoms with van der Waals surface area (Å²) in [7, 11) is 1.59. The van der Waals surface area contributed by atoms with Crippen molar-refractivity contribution in [2.24, 2.45) is 0 Å². The maximum atomic E-state index is 6.06. The number of rotatable bonds is 9. The van der Waals surface area contributed by atoms with E-state index in [1.165, 1.54) is 0 Å². The van der Waals surface area contributed by atoms with Gasteiger partial charge in [0.1, 0.15) is 6.61 Å². The average Bonchev–Trinajstić information content (AvgIpc) is 3.15. The fourth-order valence-corrected chi connectivity index (χ4v) is 3.48. The van der Waals surface area contributed by atoms with Crippen molar-refractivity contribution in [3.63, 3.8) is 0 Å². The number of hydrogen-bond acceptors (Lipinski definition) is 6. The maximum Gasteiger partial charge on any atom is 0.243 e. The number of allylic oxidation sites excluding steroid dienone is 1. The number of benzene rings is 2. The Balaban J connectivity index is 1.72. The number of ether oxygens (including phenoxy) is 2. The number of tetrazole rings is 1. The Hall–Kier alpha value is -2.29. The summed E-state index contributed by atoms with van der Waals surface area (Å²) in [4.78, 5) is 0. The minimum absolute atomic E-state index is 0.319. The van der Waals surface area contributed by atoms with Crippen LogP contribution in [0.1, 0.15) is 11.1 Å². The summed E-state index contributed by atoms with van der Waals surface area (Å²) in [5, 5.41) is 15.7. The molecule has 1 aromatic heterocycles. The molecule has 0 saturated heterocycles. The molecule has 0 aliphatic heterocycles. The van der Waals surface area contributed by atoms with Crippen LogP contribution in [0.5, 0.6) is 11.5 Å². The van der Waals surface area contributed by atoms with E-state index >= 15 is 0 Å². The number of aromatic nitrogens is 4. The third-order valence-corrected chi connectivity index (χ3v) is 5.27. The van der Waals surface area contributed by atoms with Gasteiger partial charge >= 0.3 is 0 Å². The van der Waals surface area contributed by atoms with Gasteiger partial charge in [0.25, 0.3) is 0 Å². The second kappa shape index (κ2) is 9.96. The topological polar surface area (TPSA) is 74.1 Å². The van der Waals surface area contributed by atoms with E-state index < -0.39 is 0 Å². The van der Waals surface area contributed by atoms with Crippen LogP contribution in [0.3, 0.4) is 0 Å². The smallest absolute Gasteiger partial charge is 0.243 e. The molecule has 0 bridgehead atoms. The van der Waals surface area contributed by atoms with Gasteiger partial charge in [0.05, 0.1) is 28.2 Å². The van der Waals surface area contributed by atoms with Gasteiger partial charge in [-0.1, -0.05) is 40.4 Å². The fourth-order valence-electron chi connectivity index (χ4n) is 2.56. The van der Waals surface area contributed by atoms with Gasteiger partial charge in [0.15, 0.2) is 11.5 Å². The number of halogens is 3. The third kappa shape index (κ3) is 5.41. The second-order valence-corrected chi connectivity index (χ2v) is 7.64. The monoisotopic (exact) mass is 497 g/mol. The highest BCUT2D eigenvalue weighted by atomic mass is 79.9. The first-order chi connectivity index (χ1) is 14.0. The average molecular weight is 499 g/mol. The Labute approximate surface area is 186 Å². The van der Waals surface area contributed by atoms with Crippen LogP contribution in [0, 0.1) is 0 Å². The highest BCUT2D eigenvalue weighted by Gasteiger charge is 2.13. The molecule has 0 unspecified atom stereocenters. The molecule has 0 amide bonds. The van der Waals surface area contributed by atoms with Gasteiger partial charge in [-0.25, -0.2) is 4.68 Å². The summed E-state index contributed by atoms with van der Waals surface area (Å²) < 4.78 is 13.8. The largest absolute Gasteiger partial charge is 0.493 e. The molecule has 29 heavy (non-hydrogen) atoms. The van der Waals surface area contributed by atoms with Gasteiger partial charge in [-0.3, -0.25) is 0 Å². The van der Waals surface area contributed by atoms with Crippen molar-refractivity contribution < 1.29 is 9.47 Å². The molecule has 0 spiro atoms. The molecule has 0 aliphatic carbocycles. The number of nitrogens with zero attached hydrogens (tertiary/aromatic N) is 4. The van der Waals surface area contributed by atoms with Crippen LogP contribution in [0.15, 0.2) is 47.5 Å². The highest BCUT2D eigenvalue weighted by Crippen LogP contribution is 2.37. The van der Waals surface area contributed by atoms with E-state index in [4.69, 9.17) is 32.7 Å². The predicted octanol–water partition coefficient (Wildman–Crippen LogP) is 5.13. The Kier molecular flexibility index (Phi) is 7.35. The molecule has 1 heterocycles. The number of nitrogens with one attached hydrogen (secondary N) is 1. The number of hydrogen-bond donors (Lipinski definition) is 1. The van der Waals surface area contributed by atoms with Crippen molar-refractivity contribution >= 4 is 45.1 Å². The Morgan fingerprint density at radius 2 is 2.03 bits per heavy atom. The van der Waals surface area contributed by atoms with E-state index in [1.807, 2.05) is 18.2 Å². The second-order valence-electron chi connectivity index (χ2n) is 5.97. The van der Waals surface area contributed by atoms with Gasteiger partial charge in [0, 0.05) is 6.54 Å². The predicted molar refractivity (Wildman–Crippen MR) is 117 cm³/mol. The van der Waals surface area contributed by atoms with Crippen molar-refractivity contribution in [3.8, 4) is 11.5 Å². The van der Waals surface area contributed by atoms with Crippen molar-refractivity contribution in [1.29, 1.82) is 0 Å². The van der Waals surface area contributed by atoms with E-state index in [-0.39, 0.29) is 0 Å². The molecule has 152 valence electrons. The summed E-state index contributed by atoms with van der Waals surface area (Å²) in [5.41, 5.74) is 1.86. The summed E-state index contributed by atoms with van der Waals surface area (Å²) in [5.74, 6) is 1.75. The highest BCUT2D eigenvalue weighted by molar-refractivity contribution is 9.10. The van der Waals surface area contributed by atoms with Crippen LogP contribution in [0.2, 0.25) is 10.0 Å². The van der Waals surface area contributed by atoms with Crippen LogP contribution in [-0.2, 0) is 19.7 Å². The zero-order valence-corrected chi connectivity index (χ0v) is 18.6. The van der Waals surface area contributed by atoms with Crippen LogP contribution >= 0.6 is 39.1 Å². The summed E-state index contributed by atoms with van der Waals surface area (Å²) in [6.45, 7) is 5.03. The summed E-state index contributed by atoms with van der Waals surface area (Å²) in [6.07, 6.45) is 1.72. The molecule has 2 aromatic carbocycles. The lowest BCUT2D eigenvalue weighted by molar-refractivity contribution is 0.282. The molecule has 0 saturated carbocycles. The van der Waals surface area contributed by atoms with Crippen LogP contribution < -0.4 is 14.8 Å². The van der Waals surface area contributed by atoms with Crippen molar-refractivity contribution in [2.45, 2.75) is 19.7 Å². The SMILES string of the molecule is C=CCn1nnnc1NCc1cc(Br)c(OCc2ccc(Cl)c(Cl)c2)c(OC)c1. The van der Waals surface area contributed by atoms with E-state index in [2.05, 4.69) is 43.4 Å². The lowest BCUT2D eigenvalue weighted by Crippen LogP contribution is -2.08. The molecule has 1 N–H and O–H groups in total. The van der Waals surface area contributed by atoms with E-state index in [0.29, 0.717) is 47.2 Å². The standard InChI is InChI=1S/C19H18BrCl2N5O2/c1-3-6-27-19(24-25-26-27)23-10-13-7-14(20)18(17(9-13)28-2)29-11-12-4-5-15(21)16(22)8-12/h3-5,7-9H,1,6,10-11H2,2H3,(H,23,24,26). The Morgan fingerprint density at radius 1 is 1.21 bits per heavy atom. The van der Waals surface area contributed by atoms with Crippen LogP contribution in [-0.4, -0.2) is 27.3 Å². The minimum atomic E-state index is 0.319. The first kappa shape index (κ1) is 21.4.